The van der Waals surface area contributed by atoms with Crippen LogP contribution in [-0.2, 0) is 16.6 Å². The van der Waals surface area contributed by atoms with E-state index in [1.165, 1.54) is 23.9 Å². The van der Waals surface area contributed by atoms with Crippen molar-refractivity contribution in [2.45, 2.75) is 18.4 Å². The summed E-state index contributed by atoms with van der Waals surface area (Å²) in [7, 11) is -3.65. The molecule has 0 saturated carbocycles. The molecule has 0 heterocycles. The molecule has 0 fully saturated rings. The normalized spacial score (nSPS) is 11.4. The Labute approximate surface area is 159 Å². The van der Waals surface area contributed by atoms with E-state index in [9.17, 15) is 8.42 Å². The maximum absolute atomic E-state index is 12.1. The predicted molar refractivity (Wildman–Crippen MR) is 106 cm³/mol. The van der Waals surface area contributed by atoms with Crippen molar-refractivity contribution in [2.24, 2.45) is 5.10 Å². The van der Waals surface area contributed by atoms with E-state index >= 15 is 0 Å². The summed E-state index contributed by atoms with van der Waals surface area (Å²) in [5.74, 6) is 0.734. The Morgan fingerprint density at radius 1 is 0.926 bits per heavy atom. The van der Waals surface area contributed by atoms with Gasteiger partial charge in [-0.05, 0) is 54.4 Å². The van der Waals surface area contributed by atoms with Crippen molar-refractivity contribution in [3.8, 4) is 5.75 Å². The van der Waals surface area contributed by atoms with Gasteiger partial charge in [-0.3, -0.25) is 0 Å². The molecule has 3 aromatic rings. The van der Waals surface area contributed by atoms with Gasteiger partial charge in [-0.15, -0.1) is 0 Å². The van der Waals surface area contributed by atoms with E-state index in [0.29, 0.717) is 6.61 Å². The summed E-state index contributed by atoms with van der Waals surface area (Å²) in [6.07, 6.45) is 1.45. The number of hydrogen-bond acceptors (Lipinski definition) is 4. The van der Waals surface area contributed by atoms with Gasteiger partial charge in [0.1, 0.15) is 12.4 Å². The maximum atomic E-state index is 12.1. The van der Waals surface area contributed by atoms with Crippen LogP contribution in [0.5, 0.6) is 5.75 Å². The van der Waals surface area contributed by atoms with Gasteiger partial charge in [-0.2, -0.15) is 13.5 Å². The third kappa shape index (κ3) is 5.43. The molecule has 0 spiro atoms. The highest BCUT2D eigenvalue weighted by Crippen LogP contribution is 2.14. The number of hydrogen-bond donors (Lipinski definition) is 1. The molecule has 0 unspecified atom stereocenters. The Morgan fingerprint density at radius 3 is 2.26 bits per heavy atom. The number of hydrazone groups is 1. The number of nitrogens with zero attached hydrogens (tertiary/aromatic N) is 1. The van der Waals surface area contributed by atoms with Gasteiger partial charge in [0, 0.05) is 0 Å². The minimum absolute atomic E-state index is 0.169. The lowest BCUT2D eigenvalue weighted by molar-refractivity contribution is 0.306. The van der Waals surface area contributed by atoms with E-state index in [1.807, 2.05) is 43.3 Å². The molecule has 0 aromatic heterocycles. The van der Waals surface area contributed by atoms with Gasteiger partial charge in [-0.25, -0.2) is 4.83 Å². The molecule has 0 saturated heterocycles. The van der Waals surface area contributed by atoms with Crippen LogP contribution in [0, 0.1) is 6.92 Å². The number of benzene rings is 3. The summed E-state index contributed by atoms with van der Waals surface area (Å²) in [6.45, 7) is 2.54. The zero-order chi connectivity index (χ0) is 19.1. The van der Waals surface area contributed by atoms with Crippen molar-refractivity contribution in [1.82, 2.24) is 4.83 Å². The van der Waals surface area contributed by atoms with E-state index in [2.05, 4.69) is 22.1 Å². The monoisotopic (exact) mass is 380 g/mol. The van der Waals surface area contributed by atoms with Crippen molar-refractivity contribution in [3.63, 3.8) is 0 Å². The molecule has 3 aromatic carbocycles. The molecule has 27 heavy (non-hydrogen) atoms. The molecule has 0 atom stereocenters. The Hall–Kier alpha value is -3.12. The summed E-state index contributed by atoms with van der Waals surface area (Å²) in [5.41, 5.74) is 3.07. The van der Waals surface area contributed by atoms with Gasteiger partial charge < -0.3 is 4.74 Å². The summed E-state index contributed by atoms with van der Waals surface area (Å²) >= 11 is 0. The zero-order valence-corrected chi connectivity index (χ0v) is 15.7. The van der Waals surface area contributed by atoms with Crippen LogP contribution in [-0.4, -0.2) is 14.6 Å². The molecule has 3 rings (SSSR count). The largest absolute Gasteiger partial charge is 0.489 e. The van der Waals surface area contributed by atoms with Gasteiger partial charge in [0.05, 0.1) is 11.1 Å². The van der Waals surface area contributed by atoms with Gasteiger partial charge in [0.15, 0.2) is 0 Å². The van der Waals surface area contributed by atoms with E-state index in [4.69, 9.17) is 4.74 Å². The van der Waals surface area contributed by atoms with Crippen LogP contribution in [0.3, 0.4) is 0 Å². The zero-order valence-electron chi connectivity index (χ0n) is 14.9. The van der Waals surface area contributed by atoms with Crippen molar-refractivity contribution in [2.75, 3.05) is 0 Å². The molecule has 0 bridgehead atoms. The second-order valence-electron chi connectivity index (χ2n) is 6.01. The molecule has 0 aliphatic heterocycles. The van der Waals surface area contributed by atoms with Crippen LogP contribution in [0.2, 0.25) is 0 Å². The van der Waals surface area contributed by atoms with Gasteiger partial charge >= 0.3 is 0 Å². The number of rotatable bonds is 7. The smallest absolute Gasteiger partial charge is 0.276 e. The van der Waals surface area contributed by atoms with Crippen LogP contribution in [0.4, 0.5) is 0 Å². The van der Waals surface area contributed by atoms with Crippen LogP contribution in [0.25, 0.3) is 0 Å². The fourth-order valence-electron chi connectivity index (χ4n) is 2.32. The maximum Gasteiger partial charge on any atom is 0.276 e. The van der Waals surface area contributed by atoms with Gasteiger partial charge in [0.2, 0.25) is 0 Å². The summed E-state index contributed by atoms with van der Waals surface area (Å²) in [6, 6.07) is 23.5. The first-order chi connectivity index (χ1) is 13.0. The standard InChI is InChI=1S/C21H20N2O3S/c1-17-7-9-19(10-8-17)16-26-20-13-11-18(12-14-20)15-22-23-27(24,25)21-5-3-2-4-6-21/h2-15,23H,16H2,1H3/b22-15-. The van der Waals surface area contributed by atoms with E-state index in [0.717, 1.165) is 16.9 Å². The predicted octanol–water partition coefficient (Wildman–Crippen LogP) is 3.89. The molecule has 1 N–H and O–H groups in total. The topological polar surface area (TPSA) is 67.8 Å². The summed E-state index contributed by atoms with van der Waals surface area (Å²) in [4.78, 5) is 2.37. The third-order valence-electron chi connectivity index (χ3n) is 3.85. The average molecular weight is 380 g/mol. The van der Waals surface area contributed by atoms with Crippen molar-refractivity contribution in [1.29, 1.82) is 0 Å². The number of nitrogens with one attached hydrogen (secondary N) is 1. The minimum Gasteiger partial charge on any atom is -0.489 e. The fourth-order valence-corrected chi connectivity index (χ4v) is 3.14. The Morgan fingerprint density at radius 2 is 1.59 bits per heavy atom. The first-order valence-corrected chi connectivity index (χ1v) is 9.89. The summed E-state index contributed by atoms with van der Waals surface area (Å²) < 4.78 is 29.9. The molecule has 0 amide bonds. The second-order valence-corrected chi connectivity index (χ2v) is 7.67. The van der Waals surface area contributed by atoms with Gasteiger partial charge in [-0.1, -0.05) is 48.0 Å². The SMILES string of the molecule is Cc1ccc(COc2ccc(/C=N\NS(=O)(=O)c3ccccc3)cc2)cc1. The van der Waals surface area contributed by atoms with Crippen LogP contribution in [0.1, 0.15) is 16.7 Å². The highest BCUT2D eigenvalue weighted by molar-refractivity contribution is 7.89. The molecular formula is C21H20N2O3S. The Bertz CT molecular complexity index is 998. The van der Waals surface area contributed by atoms with Crippen LogP contribution in [0.15, 0.2) is 88.9 Å². The van der Waals surface area contributed by atoms with E-state index in [1.54, 1.807) is 18.2 Å². The highest BCUT2D eigenvalue weighted by atomic mass is 32.2. The molecule has 6 heteroatoms. The minimum atomic E-state index is -3.65. The molecule has 0 radical (unpaired) electrons. The van der Waals surface area contributed by atoms with Crippen molar-refractivity contribution in [3.05, 3.63) is 95.6 Å². The Kier molecular flexibility index (Phi) is 5.88. The highest BCUT2D eigenvalue weighted by Gasteiger charge is 2.10. The lowest BCUT2D eigenvalue weighted by atomic mass is 10.2. The lowest BCUT2D eigenvalue weighted by Gasteiger charge is -2.07. The lowest BCUT2D eigenvalue weighted by Crippen LogP contribution is -2.18. The van der Waals surface area contributed by atoms with E-state index < -0.39 is 10.0 Å². The molecule has 0 aliphatic rings. The number of ether oxygens (including phenoxy) is 1. The first kappa shape index (κ1) is 18.7. The van der Waals surface area contributed by atoms with Gasteiger partial charge in [0.25, 0.3) is 10.0 Å². The molecule has 138 valence electrons. The number of sulfonamides is 1. The second kappa shape index (κ2) is 8.51. The average Bonchev–Trinajstić information content (AvgIpc) is 2.69. The summed E-state index contributed by atoms with van der Waals surface area (Å²) in [5, 5.41) is 3.82. The first-order valence-electron chi connectivity index (χ1n) is 8.41. The van der Waals surface area contributed by atoms with Crippen molar-refractivity contribution >= 4 is 16.2 Å². The fraction of sp³-hybridized carbons (Fsp3) is 0.0952. The Balaban J connectivity index is 1.55. The molecule has 0 aliphatic carbocycles. The third-order valence-corrected chi connectivity index (χ3v) is 5.08. The number of aryl methyl sites for hydroxylation is 1. The van der Waals surface area contributed by atoms with Crippen LogP contribution < -0.4 is 9.57 Å². The van der Waals surface area contributed by atoms with Crippen molar-refractivity contribution < 1.29 is 13.2 Å². The molecule has 5 nitrogen and oxygen atoms in total. The quantitative estimate of drug-likeness (QED) is 0.499. The molecular weight excluding hydrogens is 360 g/mol. The van der Waals surface area contributed by atoms with E-state index in [-0.39, 0.29) is 4.90 Å². The van der Waals surface area contributed by atoms with Crippen LogP contribution >= 0.6 is 0 Å².